The van der Waals surface area contributed by atoms with Crippen LogP contribution in [-0.4, -0.2) is 43.2 Å². The van der Waals surface area contributed by atoms with Crippen molar-refractivity contribution in [3.8, 4) is 0 Å². The Balaban J connectivity index is 2.45. The van der Waals surface area contributed by atoms with Gasteiger partial charge in [0.15, 0.2) is 0 Å². The second-order valence-corrected chi connectivity index (χ2v) is 10.4. The number of rotatable bonds is 5. The van der Waals surface area contributed by atoms with E-state index in [1.807, 2.05) is 6.92 Å². The minimum absolute atomic E-state index is 0.205. The first kappa shape index (κ1) is 20.4. The van der Waals surface area contributed by atoms with E-state index in [2.05, 4.69) is 10.1 Å². The summed E-state index contributed by atoms with van der Waals surface area (Å²) >= 11 is 24.4. The number of halogens is 3. The molecule has 1 aliphatic rings. The molecule has 1 rings (SSSR count). The molecule has 2 unspecified atom stereocenters. The van der Waals surface area contributed by atoms with Gasteiger partial charge in [0.1, 0.15) is 22.2 Å². The molecule has 126 valence electrons. The standard InChI is InChI=1S/C11H14Cl3NO4S3/c1-3-21-10(20)22-8-6(7(16)15-8)5(2)19-9(17)18-4-11(12,13)14/h5-6,8H,3-4H2,1-2H3,(H,15,16)/t5?,6?,8-/m1/s1. The molecule has 1 saturated heterocycles. The topological polar surface area (TPSA) is 64.6 Å². The van der Waals surface area contributed by atoms with E-state index in [0.717, 1.165) is 9.28 Å². The number of thioether (sulfide) groups is 2. The summed E-state index contributed by atoms with van der Waals surface area (Å²) in [5.74, 6) is 0.149. The number of hydrogen-bond donors (Lipinski definition) is 1. The van der Waals surface area contributed by atoms with Gasteiger partial charge in [-0.2, -0.15) is 0 Å². The lowest BCUT2D eigenvalue weighted by atomic mass is 9.96. The first-order valence-electron chi connectivity index (χ1n) is 6.18. The summed E-state index contributed by atoms with van der Waals surface area (Å²) in [6.07, 6.45) is -1.67. The van der Waals surface area contributed by atoms with Crippen molar-refractivity contribution in [2.45, 2.75) is 29.1 Å². The van der Waals surface area contributed by atoms with Gasteiger partial charge in [-0.25, -0.2) is 4.79 Å². The van der Waals surface area contributed by atoms with Gasteiger partial charge in [-0.15, -0.1) is 11.8 Å². The number of amides is 1. The van der Waals surface area contributed by atoms with Crippen molar-refractivity contribution in [1.29, 1.82) is 0 Å². The van der Waals surface area contributed by atoms with Crippen LogP contribution in [0.2, 0.25) is 0 Å². The molecule has 1 amide bonds. The third-order valence-electron chi connectivity index (χ3n) is 2.54. The van der Waals surface area contributed by atoms with Crippen molar-refractivity contribution in [1.82, 2.24) is 5.32 Å². The van der Waals surface area contributed by atoms with E-state index in [0.29, 0.717) is 0 Å². The van der Waals surface area contributed by atoms with Gasteiger partial charge in [0.25, 0.3) is 0 Å². The molecule has 1 aliphatic heterocycles. The van der Waals surface area contributed by atoms with E-state index in [1.54, 1.807) is 6.92 Å². The molecule has 0 bridgehead atoms. The Labute approximate surface area is 157 Å². The van der Waals surface area contributed by atoms with Gasteiger partial charge < -0.3 is 14.8 Å². The summed E-state index contributed by atoms with van der Waals surface area (Å²) in [4.78, 5) is 23.1. The summed E-state index contributed by atoms with van der Waals surface area (Å²) in [5, 5.41) is 2.49. The van der Waals surface area contributed by atoms with Crippen molar-refractivity contribution < 1.29 is 19.1 Å². The van der Waals surface area contributed by atoms with Crippen LogP contribution in [0.15, 0.2) is 0 Å². The lowest BCUT2D eigenvalue weighted by Crippen LogP contribution is -2.61. The maximum atomic E-state index is 11.7. The van der Waals surface area contributed by atoms with Crippen molar-refractivity contribution in [3.63, 3.8) is 0 Å². The fourth-order valence-electron chi connectivity index (χ4n) is 1.58. The summed E-state index contributed by atoms with van der Waals surface area (Å²) < 4.78 is 8.71. The average molecular weight is 427 g/mol. The third kappa shape index (κ3) is 6.88. The molecule has 1 heterocycles. The van der Waals surface area contributed by atoms with E-state index >= 15 is 0 Å². The van der Waals surface area contributed by atoms with Gasteiger partial charge in [0.2, 0.25) is 9.70 Å². The van der Waals surface area contributed by atoms with Crippen molar-refractivity contribution in [3.05, 3.63) is 0 Å². The monoisotopic (exact) mass is 425 g/mol. The van der Waals surface area contributed by atoms with Crippen molar-refractivity contribution in [2.75, 3.05) is 12.4 Å². The zero-order chi connectivity index (χ0) is 16.9. The van der Waals surface area contributed by atoms with Crippen LogP contribution in [-0.2, 0) is 14.3 Å². The molecule has 1 fully saturated rings. The molecule has 0 spiro atoms. The van der Waals surface area contributed by atoms with E-state index < -0.39 is 28.6 Å². The quantitative estimate of drug-likeness (QED) is 0.311. The Bertz CT molecular complexity index is 447. The Morgan fingerprint density at radius 1 is 1.50 bits per heavy atom. The highest BCUT2D eigenvalue weighted by molar-refractivity contribution is 8.47. The second-order valence-electron chi connectivity index (χ2n) is 4.23. The van der Waals surface area contributed by atoms with E-state index in [9.17, 15) is 9.59 Å². The van der Waals surface area contributed by atoms with Crippen molar-refractivity contribution >= 4 is 86.1 Å². The first-order valence-corrected chi connectivity index (χ1v) is 9.58. The Morgan fingerprint density at radius 3 is 2.64 bits per heavy atom. The van der Waals surface area contributed by atoms with Crippen molar-refractivity contribution in [2.24, 2.45) is 5.92 Å². The van der Waals surface area contributed by atoms with Crippen LogP contribution in [0.1, 0.15) is 13.8 Å². The van der Waals surface area contributed by atoms with Crippen LogP contribution in [0.3, 0.4) is 0 Å². The van der Waals surface area contributed by atoms with Crippen LogP contribution in [0.5, 0.6) is 0 Å². The number of thiocarbonyl (C=S) groups is 1. The minimum Gasteiger partial charge on any atom is -0.430 e. The lowest BCUT2D eigenvalue weighted by Gasteiger charge is -2.38. The van der Waals surface area contributed by atoms with Crippen LogP contribution >= 0.6 is 70.5 Å². The SMILES string of the molecule is CCSC(=S)S[C@H]1NC(=O)C1C(C)OC(=O)OCC(Cl)(Cl)Cl. The molecular weight excluding hydrogens is 413 g/mol. The number of β-lactam (4-membered cyclic amide) rings is 1. The van der Waals surface area contributed by atoms with Gasteiger partial charge in [-0.05, 0) is 12.7 Å². The maximum absolute atomic E-state index is 11.7. The molecular formula is C11H14Cl3NO4S3. The summed E-state index contributed by atoms with van der Waals surface area (Å²) in [6, 6.07) is 0. The van der Waals surface area contributed by atoms with Gasteiger partial charge in [0, 0.05) is 0 Å². The van der Waals surface area contributed by atoms with Crippen LogP contribution < -0.4 is 5.32 Å². The lowest BCUT2D eigenvalue weighted by molar-refractivity contribution is -0.137. The Hall–Kier alpha value is 0.400. The molecule has 22 heavy (non-hydrogen) atoms. The van der Waals surface area contributed by atoms with Crippen LogP contribution in [0.4, 0.5) is 4.79 Å². The van der Waals surface area contributed by atoms with Gasteiger partial charge in [0.05, 0.1) is 5.37 Å². The minimum atomic E-state index is -1.71. The summed E-state index contributed by atoms with van der Waals surface area (Å²) in [7, 11) is 0. The fraction of sp³-hybridized carbons (Fsp3) is 0.727. The smallest absolute Gasteiger partial charge is 0.430 e. The summed E-state index contributed by atoms with van der Waals surface area (Å²) in [5.41, 5.74) is 0. The summed E-state index contributed by atoms with van der Waals surface area (Å²) in [6.45, 7) is 3.15. The molecule has 0 saturated carbocycles. The highest BCUT2D eigenvalue weighted by Gasteiger charge is 2.46. The number of hydrogen-bond acceptors (Lipinski definition) is 7. The van der Waals surface area contributed by atoms with Gasteiger partial charge >= 0.3 is 6.16 Å². The number of nitrogens with one attached hydrogen (secondary N) is 1. The molecule has 0 radical (unpaired) electrons. The fourth-order valence-corrected chi connectivity index (χ4v) is 4.46. The number of ether oxygens (including phenoxy) is 2. The molecule has 0 aromatic carbocycles. The van der Waals surface area contributed by atoms with E-state index in [4.69, 9.17) is 51.8 Å². The first-order chi connectivity index (χ1) is 10.1. The average Bonchev–Trinajstić information content (AvgIpc) is 2.34. The number of carbonyl (C=O) groups is 2. The molecule has 0 aromatic rings. The molecule has 3 atom stereocenters. The highest BCUT2D eigenvalue weighted by atomic mass is 35.6. The number of alkyl halides is 3. The van der Waals surface area contributed by atoms with Gasteiger partial charge in [-0.3, -0.25) is 4.79 Å². The predicted molar refractivity (Wildman–Crippen MR) is 95.9 cm³/mol. The zero-order valence-corrected chi connectivity index (χ0v) is 16.4. The molecule has 5 nitrogen and oxygen atoms in total. The number of carbonyl (C=O) groups excluding carboxylic acids is 2. The molecule has 11 heteroatoms. The Kier molecular flexibility index (Phi) is 8.39. The third-order valence-corrected chi connectivity index (χ3v) is 5.53. The molecule has 0 aliphatic carbocycles. The second kappa shape index (κ2) is 9.03. The Morgan fingerprint density at radius 2 is 2.14 bits per heavy atom. The van der Waals surface area contributed by atoms with E-state index in [1.165, 1.54) is 23.5 Å². The van der Waals surface area contributed by atoms with Crippen LogP contribution in [0, 0.1) is 5.92 Å². The van der Waals surface area contributed by atoms with Gasteiger partial charge in [-0.1, -0.05) is 65.7 Å². The van der Waals surface area contributed by atoms with Crippen LogP contribution in [0.25, 0.3) is 0 Å². The predicted octanol–water partition coefficient (Wildman–Crippen LogP) is 3.74. The highest BCUT2D eigenvalue weighted by Crippen LogP contribution is 2.34. The van der Waals surface area contributed by atoms with E-state index in [-0.39, 0.29) is 11.3 Å². The normalized spacial score (nSPS) is 22.3. The largest absolute Gasteiger partial charge is 0.508 e. The molecule has 1 N–H and O–H groups in total. The molecule has 0 aromatic heterocycles. The maximum Gasteiger partial charge on any atom is 0.508 e. The zero-order valence-electron chi connectivity index (χ0n) is 11.6.